The quantitative estimate of drug-likeness (QED) is 0.602. The van der Waals surface area contributed by atoms with E-state index in [1.54, 1.807) is 6.92 Å². The Morgan fingerprint density at radius 2 is 1.55 bits per heavy atom. The van der Waals surface area contributed by atoms with E-state index in [1.807, 2.05) is 66.7 Å². The molecule has 0 bridgehead atoms. The molecule has 0 amide bonds. The van der Waals surface area contributed by atoms with Crippen molar-refractivity contribution in [2.75, 3.05) is 0 Å². The summed E-state index contributed by atoms with van der Waals surface area (Å²) in [7, 11) is 0. The van der Waals surface area contributed by atoms with Crippen molar-refractivity contribution in [2.24, 2.45) is 0 Å². The van der Waals surface area contributed by atoms with Crippen LogP contribution in [0.3, 0.4) is 0 Å². The predicted octanol–water partition coefficient (Wildman–Crippen LogP) is 4.39. The van der Waals surface area contributed by atoms with E-state index in [4.69, 9.17) is 16.3 Å². The van der Waals surface area contributed by atoms with Gasteiger partial charge in [0.2, 0.25) is 0 Å². The Morgan fingerprint density at radius 1 is 1.00 bits per heavy atom. The molecule has 2 aromatic rings. The molecule has 0 aliphatic heterocycles. The highest BCUT2D eigenvalue weighted by Crippen LogP contribution is 2.16. The summed E-state index contributed by atoms with van der Waals surface area (Å²) in [6, 6.07) is 17.6. The molecular weight excluding hydrogens is 272 g/mol. The topological polar surface area (TPSA) is 26.3 Å². The van der Waals surface area contributed by atoms with E-state index >= 15 is 0 Å². The third kappa shape index (κ3) is 4.25. The SMILES string of the molecule is CC(Oc1ccc(/C=C/c2ccccc2)cc1)C(=O)Cl. The maximum Gasteiger partial charge on any atom is 0.262 e. The minimum atomic E-state index is -0.637. The van der Waals surface area contributed by atoms with Crippen LogP contribution in [0.25, 0.3) is 12.2 Å². The summed E-state index contributed by atoms with van der Waals surface area (Å²) in [6.45, 7) is 1.62. The van der Waals surface area contributed by atoms with Crippen molar-refractivity contribution in [3.8, 4) is 5.75 Å². The zero-order valence-corrected chi connectivity index (χ0v) is 11.9. The monoisotopic (exact) mass is 286 g/mol. The third-order valence-corrected chi connectivity index (χ3v) is 3.09. The molecule has 2 aromatic carbocycles. The molecule has 0 N–H and O–H groups in total. The lowest BCUT2D eigenvalue weighted by Crippen LogP contribution is -2.18. The van der Waals surface area contributed by atoms with Crippen LogP contribution < -0.4 is 4.74 Å². The van der Waals surface area contributed by atoms with Gasteiger partial charge in [-0.1, -0.05) is 54.6 Å². The van der Waals surface area contributed by atoms with Crippen LogP contribution in [0, 0.1) is 0 Å². The first kappa shape index (κ1) is 14.4. The van der Waals surface area contributed by atoms with Crippen molar-refractivity contribution in [3.63, 3.8) is 0 Å². The molecule has 2 rings (SSSR count). The summed E-state index contributed by atoms with van der Waals surface area (Å²) in [4.78, 5) is 10.9. The summed E-state index contributed by atoms with van der Waals surface area (Å²) in [6.07, 6.45) is 3.43. The molecule has 0 aliphatic carbocycles. The summed E-state index contributed by atoms with van der Waals surface area (Å²) >= 11 is 5.35. The van der Waals surface area contributed by atoms with Crippen LogP contribution in [-0.4, -0.2) is 11.3 Å². The van der Waals surface area contributed by atoms with Gasteiger partial charge in [-0.15, -0.1) is 0 Å². The average molecular weight is 287 g/mol. The highest BCUT2D eigenvalue weighted by Gasteiger charge is 2.10. The first-order valence-corrected chi connectivity index (χ1v) is 6.72. The fraction of sp³-hybridized carbons (Fsp3) is 0.118. The molecule has 1 atom stereocenters. The second kappa shape index (κ2) is 6.92. The van der Waals surface area contributed by atoms with Crippen LogP contribution in [0.15, 0.2) is 54.6 Å². The second-order valence-electron chi connectivity index (χ2n) is 4.38. The standard InChI is InChI=1S/C17H15ClO2/c1-13(17(18)19)20-16-11-9-15(10-12-16)8-7-14-5-3-2-4-6-14/h2-13H,1H3/b8-7+. The summed E-state index contributed by atoms with van der Waals surface area (Å²) in [5.41, 5.74) is 2.21. The van der Waals surface area contributed by atoms with Gasteiger partial charge in [-0.3, -0.25) is 4.79 Å². The molecule has 0 saturated carbocycles. The van der Waals surface area contributed by atoms with Crippen molar-refractivity contribution in [2.45, 2.75) is 13.0 Å². The number of benzene rings is 2. The summed E-state index contributed by atoms with van der Waals surface area (Å²) < 4.78 is 5.39. The van der Waals surface area contributed by atoms with E-state index in [-0.39, 0.29) is 0 Å². The predicted molar refractivity (Wildman–Crippen MR) is 82.8 cm³/mol. The van der Waals surface area contributed by atoms with Crippen LogP contribution in [-0.2, 0) is 4.79 Å². The minimum Gasteiger partial charge on any atom is -0.482 e. The zero-order valence-electron chi connectivity index (χ0n) is 11.1. The van der Waals surface area contributed by atoms with E-state index < -0.39 is 11.3 Å². The van der Waals surface area contributed by atoms with E-state index in [1.165, 1.54) is 0 Å². The lowest BCUT2D eigenvalue weighted by atomic mass is 10.1. The Bertz CT molecular complexity index is 588. The number of carbonyl (C=O) groups excluding carboxylic acids is 1. The zero-order chi connectivity index (χ0) is 14.4. The maximum atomic E-state index is 10.9. The van der Waals surface area contributed by atoms with Gasteiger partial charge in [-0.25, -0.2) is 0 Å². The van der Waals surface area contributed by atoms with Gasteiger partial charge >= 0.3 is 0 Å². The van der Waals surface area contributed by atoms with Gasteiger partial charge in [-0.05, 0) is 41.8 Å². The van der Waals surface area contributed by atoms with Gasteiger partial charge in [0.15, 0.2) is 6.10 Å². The molecule has 0 radical (unpaired) electrons. The minimum absolute atomic E-state index is 0.502. The highest BCUT2D eigenvalue weighted by atomic mass is 35.5. The van der Waals surface area contributed by atoms with E-state index in [9.17, 15) is 4.79 Å². The van der Waals surface area contributed by atoms with Crippen LogP contribution in [0.1, 0.15) is 18.1 Å². The fourth-order valence-electron chi connectivity index (χ4n) is 1.66. The van der Waals surface area contributed by atoms with Crippen molar-refractivity contribution in [1.82, 2.24) is 0 Å². The first-order chi connectivity index (χ1) is 9.65. The third-order valence-electron chi connectivity index (χ3n) is 2.78. The van der Waals surface area contributed by atoms with E-state index in [0.29, 0.717) is 5.75 Å². The molecule has 20 heavy (non-hydrogen) atoms. The molecule has 102 valence electrons. The fourth-order valence-corrected chi connectivity index (χ4v) is 1.71. The maximum absolute atomic E-state index is 10.9. The van der Waals surface area contributed by atoms with Gasteiger partial charge < -0.3 is 4.74 Å². The van der Waals surface area contributed by atoms with Gasteiger partial charge in [0.05, 0.1) is 0 Å². The molecular formula is C17H15ClO2. The molecule has 0 heterocycles. The Balaban J connectivity index is 2.02. The van der Waals surface area contributed by atoms with Gasteiger partial charge in [-0.2, -0.15) is 0 Å². The van der Waals surface area contributed by atoms with Gasteiger partial charge in [0.1, 0.15) is 5.75 Å². The molecule has 0 aliphatic rings. The number of halogens is 1. The molecule has 0 fully saturated rings. The van der Waals surface area contributed by atoms with Crippen LogP contribution in [0.4, 0.5) is 0 Å². The Hall–Kier alpha value is -2.06. The van der Waals surface area contributed by atoms with Crippen molar-refractivity contribution < 1.29 is 9.53 Å². The lowest BCUT2D eigenvalue weighted by molar-refractivity contribution is -0.117. The summed E-state index contributed by atoms with van der Waals surface area (Å²) in [5.74, 6) is 0.628. The molecule has 0 spiro atoms. The van der Waals surface area contributed by atoms with Crippen LogP contribution in [0.5, 0.6) is 5.75 Å². The molecule has 1 unspecified atom stereocenters. The number of rotatable bonds is 5. The molecule has 0 saturated heterocycles. The molecule has 0 aromatic heterocycles. The average Bonchev–Trinajstić information content (AvgIpc) is 2.47. The van der Waals surface area contributed by atoms with Crippen molar-refractivity contribution in [3.05, 3.63) is 65.7 Å². The molecule has 3 heteroatoms. The Kier molecular flexibility index (Phi) is 4.97. The Morgan fingerprint density at radius 3 is 2.10 bits per heavy atom. The first-order valence-electron chi connectivity index (χ1n) is 6.34. The smallest absolute Gasteiger partial charge is 0.262 e. The van der Waals surface area contributed by atoms with E-state index in [0.717, 1.165) is 11.1 Å². The number of hydrogen-bond donors (Lipinski definition) is 0. The van der Waals surface area contributed by atoms with Crippen molar-refractivity contribution in [1.29, 1.82) is 0 Å². The largest absolute Gasteiger partial charge is 0.482 e. The van der Waals surface area contributed by atoms with E-state index in [2.05, 4.69) is 0 Å². The highest BCUT2D eigenvalue weighted by molar-refractivity contribution is 6.64. The van der Waals surface area contributed by atoms with Gasteiger partial charge in [0.25, 0.3) is 5.24 Å². The normalized spacial score (nSPS) is 12.3. The van der Waals surface area contributed by atoms with Gasteiger partial charge in [0, 0.05) is 0 Å². The molecule has 2 nitrogen and oxygen atoms in total. The van der Waals surface area contributed by atoms with Crippen LogP contribution in [0.2, 0.25) is 0 Å². The lowest BCUT2D eigenvalue weighted by Gasteiger charge is -2.10. The number of carbonyl (C=O) groups is 1. The second-order valence-corrected chi connectivity index (χ2v) is 4.75. The number of ether oxygens (including phenoxy) is 1. The van der Waals surface area contributed by atoms with Crippen LogP contribution >= 0.6 is 11.6 Å². The van der Waals surface area contributed by atoms with Crippen molar-refractivity contribution >= 4 is 29.0 Å². The summed E-state index contributed by atoms with van der Waals surface area (Å²) in [5, 5.41) is -0.502. The Labute approximate surface area is 123 Å². The number of hydrogen-bond acceptors (Lipinski definition) is 2.